The molecule has 1 aliphatic heterocycles. The zero-order chi connectivity index (χ0) is 20.7. The van der Waals surface area contributed by atoms with Gasteiger partial charge in [0.2, 0.25) is 10.0 Å². The Morgan fingerprint density at radius 2 is 1.66 bits per heavy atom. The summed E-state index contributed by atoms with van der Waals surface area (Å²) in [6.07, 6.45) is 3.45. The van der Waals surface area contributed by atoms with Gasteiger partial charge in [0.1, 0.15) is 11.4 Å². The minimum Gasteiger partial charge on any atom is -0.465 e. The highest BCUT2D eigenvalue weighted by Gasteiger charge is 2.33. The number of likely N-dealkylation sites (tertiary alicyclic amines) is 1. The number of rotatable bonds is 8. The van der Waals surface area contributed by atoms with Crippen molar-refractivity contribution in [2.45, 2.75) is 25.8 Å². The number of benzene rings is 2. The van der Waals surface area contributed by atoms with Crippen molar-refractivity contribution in [1.82, 2.24) is 9.21 Å². The standard InChI is InChI=1S/C22H29N2O4S/c1-28-22(25)20-12-10-19(11-13-20)18-23-29(26,27)17-16-24(14-6-3-7-15-24)21-8-4-2-5-9-21/h2,4-5,8-13,23H,3,6-7,14-18H2,1H3/q+1. The van der Waals surface area contributed by atoms with E-state index < -0.39 is 16.0 Å². The van der Waals surface area contributed by atoms with Gasteiger partial charge < -0.3 is 4.74 Å². The van der Waals surface area contributed by atoms with Crippen LogP contribution in [0.2, 0.25) is 0 Å². The highest BCUT2D eigenvalue weighted by molar-refractivity contribution is 7.89. The number of sulfonamides is 1. The topological polar surface area (TPSA) is 72.5 Å². The lowest BCUT2D eigenvalue weighted by Crippen LogP contribution is -2.55. The molecule has 1 aliphatic rings. The van der Waals surface area contributed by atoms with Crippen molar-refractivity contribution < 1.29 is 17.9 Å². The monoisotopic (exact) mass is 417 g/mol. The maximum Gasteiger partial charge on any atom is 0.337 e. The summed E-state index contributed by atoms with van der Waals surface area (Å²) in [5, 5.41) is 0. The minimum atomic E-state index is -3.41. The Bertz CT molecular complexity index is 906. The van der Waals surface area contributed by atoms with Crippen LogP contribution in [0.3, 0.4) is 0 Å². The highest BCUT2D eigenvalue weighted by Crippen LogP contribution is 2.28. The summed E-state index contributed by atoms with van der Waals surface area (Å²) in [5.74, 6) is -0.323. The first kappa shape index (κ1) is 21.5. The maximum atomic E-state index is 12.6. The Morgan fingerprint density at radius 1 is 1.00 bits per heavy atom. The molecule has 0 spiro atoms. The molecule has 0 unspecified atom stereocenters. The number of carbonyl (C=O) groups excluding carboxylic acids is 1. The van der Waals surface area contributed by atoms with E-state index in [-0.39, 0.29) is 12.3 Å². The predicted octanol–water partition coefficient (Wildman–Crippen LogP) is 3.08. The molecule has 29 heavy (non-hydrogen) atoms. The summed E-state index contributed by atoms with van der Waals surface area (Å²) < 4.78 is 33.4. The van der Waals surface area contributed by atoms with Crippen molar-refractivity contribution in [1.29, 1.82) is 0 Å². The Labute approximate surface area is 173 Å². The van der Waals surface area contributed by atoms with E-state index in [0.717, 1.165) is 36.0 Å². The largest absolute Gasteiger partial charge is 0.465 e. The molecule has 1 fully saturated rings. The summed E-state index contributed by atoms with van der Waals surface area (Å²) in [5.41, 5.74) is 2.44. The van der Waals surface area contributed by atoms with E-state index >= 15 is 0 Å². The molecule has 1 heterocycles. The molecule has 156 valence electrons. The Morgan fingerprint density at radius 3 is 2.28 bits per heavy atom. The van der Waals surface area contributed by atoms with Crippen molar-refractivity contribution >= 4 is 21.7 Å². The van der Waals surface area contributed by atoms with E-state index in [1.165, 1.54) is 19.2 Å². The number of nitrogens with zero attached hydrogens (tertiary/aromatic N) is 1. The first-order chi connectivity index (χ1) is 13.9. The molecule has 0 bridgehead atoms. The third kappa shape index (κ3) is 5.65. The second kappa shape index (κ2) is 9.52. The third-order valence-electron chi connectivity index (χ3n) is 5.64. The smallest absolute Gasteiger partial charge is 0.337 e. The van der Waals surface area contributed by atoms with Crippen molar-refractivity contribution in [2.24, 2.45) is 0 Å². The van der Waals surface area contributed by atoms with Crippen LogP contribution in [-0.2, 0) is 21.3 Å². The molecule has 0 radical (unpaired) electrons. The van der Waals surface area contributed by atoms with E-state index in [1.54, 1.807) is 24.3 Å². The van der Waals surface area contributed by atoms with Gasteiger partial charge in [0, 0.05) is 6.54 Å². The van der Waals surface area contributed by atoms with Crippen LogP contribution in [0, 0.1) is 0 Å². The lowest BCUT2D eigenvalue weighted by molar-refractivity contribution is 0.0600. The van der Waals surface area contributed by atoms with Crippen molar-refractivity contribution in [2.75, 3.05) is 32.5 Å². The molecular weight excluding hydrogens is 388 g/mol. The average molecular weight is 418 g/mol. The quantitative estimate of drug-likeness (QED) is 0.529. The molecule has 0 amide bonds. The van der Waals surface area contributed by atoms with Crippen LogP contribution in [0.1, 0.15) is 35.2 Å². The fourth-order valence-corrected chi connectivity index (χ4v) is 5.03. The predicted molar refractivity (Wildman–Crippen MR) is 115 cm³/mol. The molecular formula is C22H29N2O4S+. The lowest BCUT2D eigenvalue weighted by Gasteiger charge is -2.41. The summed E-state index contributed by atoms with van der Waals surface area (Å²) >= 11 is 0. The molecule has 2 aromatic rings. The fourth-order valence-electron chi connectivity index (χ4n) is 3.91. The van der Waals surface area contributed by atoms with Crippen molar-refractivity contribution in [3.63, 3.8) is 0 Å². The van der Waals surface area contributed by atoms with Gasteiger partial charge in [0.05, 0.1) is 32.3 Å². The first-order valence-electron chi connectivity index (χ1n) is 10.0. The number of carbonyl (C=O) groups is 1. The number of nitrogens with one attached hydrogen (secondary N) is 1. The van der Waals surface area contributed by atoms with Crippen molar-refractivity contribution in [3.05, 3.63) is 65.7 Å². The number of piperidine rings is 1. The van der Waals surface area contributed by atoms with Crippen LogP contribution in [-0.4, -0.2) is 46.9 Å². The van der Waals surface area contributed by atoms with Crippen LogP contribution in [0.4, 0.5) is 5.69 Å². The molecule has 2 aromatic carbocycles. The SMILES string of the molecule is COC(=O)c1ccc(CNS(=O)(=O)CC[N+]2(c3ccccc3)CCCCC2)cc1. The van der Waals surface area contributed by atoms with Crippen LogP contribution < -0.4 is 9.21 Å². The van der Waals surface area contributed by atoms with E-state index in [2.05, 4.69) is 21.6 Å². The number of hydrogen-bond acceptors (Lipinski definition) is 4. The van der Waals surface area contributed by atoms with E-state index in [1.807, 2.05) is 18.2 Å². The minimum absolute atomic E-state index is 0.0855. The summed E-state index contributed by atoms with van der Waals surface area (Å²) in [7, 11) is -2.08. The number of para-hydroxylation sites is 1. The molecule has 7 heteroatoms. The van der Waals surface area contributed by atoms with Gasteiger partial charge in [-0.3, -0.25) is 4.48 Å². The Kier molecular flexibility index (Phi) is 7.05. The summed E-state index contributed by atoms with van der Waals surface area (Å²) in [6.45, 7) is 2.73. The van der Waals surface area contributed by atoms with Gasteiger partial charge in [-0.1, -0.05) is 30.3 Å². The summed E-state index contributed by atoms with van der Waals surface area (Å²) in [4.78, 5) is 11.5. The maximum absolute atomic E-state index is 12.6. The molecule has 1 saturated heterocycles. The fraction of sp³-hybridized carbons (Fsp3) is 0.409. The van der Waals surface area contributed by atoms with Gasteiger partial charge in [-0.05, 0) is 49.1 Å². The van der Waals surface area contributed by atoms with Gasteiger partial charge >= 0.3 is 5.97 Å². The second-order valence-electron chi connectivity index (χ2n) is 7.54. The highest BCUT2D eigenvalue weighted by atomic mass is 32.2. The zero-order valence-corrected chi connectivity index (χ0v) is 17.7. The van der Waals surface area contributed by atoms with Crippen LogP contribution in [0.5, 0.6) is 0 Å². The van der Waals surface area contributed by atoms with E-state index in [4.69, 9.17) is 0 Å². The molecule has 0 atom stereocenters. The van der Waals surface area contributed by atoms with Crippen LogP contribution >= 0.6 is 0 Å². The molecule has 1 N–H and O–H groups in total. The van der Waals surface area contributed by atoms with Crippen LogP contribution in [0.25, 0.3) is 0 Å². The molecule has 6 nitrogen and oxygen atoms in total. The molecule has 0 saturated carbocycles. The molecule has 0 aromatic heterocycles. The first-order valence-corrected chi connectivity index (χ1v) is 11.7. The normalized spacial score (nSPS) is 16.3. The molecule has 3 rings (SSSR count). The lowest BCUT2D eigenvalue weighted by atomic mass is 10.1. The van der Waals surface area contributed by atoms with Crippen molar-refractivity contribution in [3.8, 4) is 0 Å². The van der Waals surface area contributed by atoms with Gasteiger partial charge in [-0.25, -0.2) is 17.9 Å². The van der Waals surface area contributed by atoms with Gasteiger partial charge in [-0.15, -0.1) is 0 Å². The van der Waals surface area contributed by atoms with Gasteiger partial charge in [0.15, 0.2) is 0 Å². The van der Waals surface area contributed by atoms with Gasteiger partial charge in [-0.2, -0.15) is 0 Å². The second-order valence-corrected chi connectivity index (χ2v) is 9.47. The zero-order valence-electron chi connectivity index (χ0n) is 16.8. The number of hydrogen-bond donors (Lipinski definition) is 1. The Balaban J connectivity index is 1.62. The van der Waals surface area contributed by atoms with E-state index in [0.29, 0.717) is 12.1 Å². The summed E-state index contributed by atoms with van der Waals surface area (Å²) in [6, 6.07) is 17.0. The van der Waals surface area contributed by atoms with Gasteiger partial charge in [0.25, 0.3) is 0 Å². The third-order valence-corrected chi connectivity index (χ3v) is 6.94. The van der Waals surface area contributed by atoms with Crippen LogP contribution in [0.15, 0.2) is 54.6 Å². The molecule has 0 aliphatic carbocycles. The van der Waals surface area contributed by atoms with E-state index in [9.17, 15) is 13.2 Å². The number of ether oxygens (including phenoxy) is 1. The average Bonchev–Trinajstić information content (AvgIpc) is 2.77. The number of quaternary nitrogens is 1. The Hall–Kier alpha value is -2.22. The number of methoxy groups -OCH3 is 1. The number of esters is 1.